The average molecular weight is 243 g/mol. The van der Waals surface area contributed by atoms with E-state index in [1.54, 1.807) is 0 Å². The minimum absolute atomic E-state index is 0.607. The van der Waals surface area contributed by atoms with E-state index in [1.807, 2.05) is 0 Å². The second-order valence-corrected chi connectivity index (χ2v) is 5.31. The molecule has 2 aromatic heterocycles. The fourth-order valence-electron chi connectivity index (χ4n) is 2.89. The van der Waals surface area contributed by atoms with Crippen LogP contribution in [0.4, 0.5) is 0 Å². The third-order valence-electron chi connectivity index (χ3n) is 4.08. The lowest BCUT2D eigenvalue weighted by Gasteiger charge is -2.33. The lowest BCUT2D eigenvalue weighted by Crippen LogP contribution is -2.50. The summed E-state index contributed by atoms with van der Waals surface area (Å²) in [6.45, 7) is 5.57. The van der Waals surface area contributed by atoms with Crippen molar-refractivity contribution in [3.8, 4) is 0 Å². The van der Waals surface area contributed by atoms with Crippen molar-refractivity contribution in [1.29, 1.82) is 0 Å². The Hall–Kier alpha value is -1.32. The molecule has 18 heavy (non-hydrogen) atoms. The van der Waals surface area contributed by atoms with Gasteiger partial charge in [0.15, 0.2) is 0 Å². The molecule has 0 radical (unpaired) electrons. The number of aryl methyl sites for hydroxylation is 1. The molecule has 3 nitrogen and oxygen atoms in total. The SMILES string of the molecule is Cc1cc2ccccn2c1CC1CNCCN1C. The van der Waals surface area contributed by atoms with Crippen LogP contribution in [0.25, 0.3) is 5.52 Å². The van der Waals surface area contributed by atoms with Gasteiger partial charge in [0.25, 0.3) is 0 Å². The van der Waals surface area contributed by atoms with Gasteiger partial charge in [0.1, 0.15) is 0 Å². The molecule has 1 saturated heterocycles. The number of piperazine rings is 1. The Labute approximate surface area is 108 Å². The quantitative estimate of drug-likeness (QED) is 0.866. The number of nitrogens with zero attached hydrogens (tertiary/aromatic N) is 2. The van der Waals surface area contributed by atoms with Crippen molar-refractivity contribution >= 4 is 5.52 Å². The monoisotopic (exact) mass is 243 g/mol. The predicted molar refractivity (Wildman–Crippen MR) is 75.1 cm³/mol. The van der Waals surface area contributed by atoms with Crippen LogP contribution in [0.3, 0.4) is 0 Å². The Bertz CT molecular complexity index is 544. The van der Waals surface area contributed by atoms with Gasteiger partial charge in [-0.05, 0) is 37.7 Å². The van der Waals surface area contributed by atoms with Crippen LogP contribution < -0.4 is 5.32 Å². The summed E-state index contributed by atoms with van der Waals surface area (Å²) >= 11 is 0. The first-order valence-electron chi connectivity index (χ1n) is 6.72. The van der Waals surface area contributed by atoms with Crippen LogP contribution in [-0.4, -0.2) is 42.0 Å². The van der Waals surface area contributed by atoms with Crippen LogP contribution in [0, 0.1) is 6.92 Å². The van der Waals surface area contributed by atoms with Crippen molar-refractivity contribution in [2.45, 2.75) is 19.4 Å². The molecule has 1 unspecified atom stereocenters. The molecule has 0 amide bonds. The molecule has 96 valence electrons. The molecule has 1 aliphatic heterocycles. The van der Waals surface area contributed by atoms with Gasteiger partial charge in [0.2, 0.25) is 0 Å². The molecule has 1 atom stereocenters. The number of fused-ring (bicyclic) bond motifs is 1. The van der Waals surface area contributed by atoms with E-state index >= 15 is 0 Å². The summed E-state index contributed by atoms with van der Waals surface area (Å²) in [6, 6.07) is 9.28. The van der Waals surface area contributed by atoms with E-state index in [0.29, 0.717) is 6.04 Å². The van der Waals surface area contributed by atoms with Gasteiger partial charge in [-0.3, -0.25) is 0 Å². The average Bonchev–Trinajstić information content (AvgIpc) is 2.69. The first-order valence-corrected chi connectivity index (χ1v) is 6.72. The van der Waals surface area contributed by atoms with E-state index in [4.69, 9.17) is 0 Å². The van der Waals surface area contributed by atoms with Crippen LogP contribution >= 0.6 is 0 Å². The third kappa shape index (κ3) is 2.04. The van der Waals surface area contributed by atoms with Crippen molar-refractivity contribution in [2.24, 2.45) is 0 Å². The molecule has 1 aliphatic rings. The van der Waals surface area contributed by atoms with Gasteiger partial charge >= 0.3 is 0 Å². The summed E-state index contributed by atoms with van der Waals surface area (Å²) in [5.74, 6) is 0. The van der Waals surface area contributed by atoms with Crippen molar-refractivity contribution in [3.05, 3.63) is 41.7 Å². The Balaban J connectivity index is 1.92. The lowest BCUT2D eigenvalue weighted by atomic mass is 10.1. The summed E-state index contributed by atoms with van der Waals surface area (Å²) in [7, 11) is 2.23. The maximum atomic E-state index is 3.49. The molecule has 3 rings (SSSR count). The van der Waals surface area contributed by atoms with Gasteiger partial charge in [0.05, 0.1) is 0 Å². The van der Waals surface area contributed by atoms with Crippen LogP contribution in [0.15, 0.2) is 30.5 Å². The van der Waals surface area contributed by atoms with Crippen molar-refractivity contribution in [2.75, 3.05) is 26.7 Å². The second-order valence-electron chi connectivity index (χ2n) is 5.31. The summed E-state index contributed by atoms with van der Waals surface area (Å²) in [5, 5.41) is 3.49. The minimum Gasteiger partial charge on any atom is -0.321 e. The normalized spacial score (nSPS) is 21.6. The lowest BCUT2D eigenvalue weighted by molar-refractivity contribution is 0.198. The highest BCUT2D eigenvalue weighted by atomic mass is 15.2. The van der Waals surface area contributed by atoms with E-state index in [-0.39, 0.29) is 0 Å². The van der Waals surface area contributed by atoms with Crippen molar-refractivity contribution < 1.29 is 0 Å². The fourth-order valence-corrected chi connectivity index (χ4v) is 2.89. The maximum absolute atomic E-state index is 3.49. The van der Waals surface area contributed by atoms with E-state index in [0.717, 1.165) is 26.1 Å². The number of hydrogen-bond donors (Lipinski definition) is 1. The zero-order valence-corrected chi connectivity index (χ0v) is 11.2. The highest BCUT2D eigenvalue weighted by Crippen LogP contribution is 2.19. The van der Waals surface area contributed by atoms with E-state index < -0.39 is 0 Å². The molecule has 0 spiro atoms. The Morgan fingerprint density at radius 2 is 2.28 bits per heavy atom. The maximum Gasteiger partial charge on any atom is 0.0455 e. The summed E-state index contributed by atoms with van der Waals surface area (Å²) < 4.78 is 2.33. The summed E-state index contributed by atoms with van der Waals surface area (Å²) in [6.07, 6.45) is 3.29. The van der Waals surface area contributed by atoms with E-state index in [2.05, 4.69) is 59.1 Å². The van der Waals surface area contributed by atoms with Gasteiger partial charge in [-0.1, -0.05) is 6.07 Å². The number of rotatable bonds is 2. The van der Waals surface area contributed by atoms with Crippen LogP contribution in [-0.2, 0) is 6.42 Å². The highest BCUT2D eigenvalue weighted by molar-refractivity contribution is 5.53. The van der Waals surface area contributed by atoms with Gasteiger partial charge in [-0.25, -0.2) is 0 Å². The second kappa shape index (κ2) is 4.75. The minimum atomic E-state index is 0.607. The van der Waals surface area contributed by atoms with Crippen LogP contribution in [0.5, 0.6) is 0 Å². The first-order chi connectivity index (χ1) is 8.75. The Morgan fingerprint density at radius 3 is 3.11 bits per heavy atom. The molecule has 0 saturated carbocycles. The van der Waals surface area contributed by atoms with Crippen LogP contribution in [0.1, 0.15) is 11.3 Å². The molecule has 0 aromatic carbocycles. The van der Waals surface area contributed by atoms with Crippen molar-refractivity contribution in [3.63, 3.8) is 0 Å². The largest absolute Gasteiger partial charge is 0.321 e. The molecule has 1 fully saturated rings. The Kier molecular flexibility index (Phi) is 3.10. The molecule has 0 aliphatic carbocycles. The van der Waals surface area contributed by atoms with Gasteiger partial charge in [-0.2, -0.15) is 0 Å². The molecule has 1 N–H and O–H groups in total. The molecule has 2 aromatic rings. The van der Waals surface area contributed by atoms with Gasteiger partial charge in [-0.15, -0.1) is 0 Å². The number of aromatic nitrogens is 1. The molecular formula is C15H21N3. The van der Waals surface area contributed by atoms with Gasteiger partial charge < -0.3 is 14.6 Å². The molecular weight excluding hydrogens is 222 g/mol. The topological polar surface area (TPSA) is 19.7 Å². The fraction of sp³-hybridized carbons (Fsp3) is 0.467. The summed E-state index contributed by atoms with van der Waals surface area (Å²) in [4.78, 5) is 2.47. The number of likely N-dealkylation sites (N-methyl/N-ethyl adjacent to an activating group) is 1. The molecule has 0 bridgehead atoms. The van der Waals surface area contributed by atoms with E-state index in [1.165, 1.54) is 16.8 Å². The molecule has 3 heteroatoms. The highest BCUT2D eigenvalue weighted by Gasteiger charge is 2.20. The zero-order chi connectivity index (χ0) is 12.5. The number of pyridine rings is 1. The number of hydrogen-bond acceptors (Lipinski definition) is 2. The third-order valence-corrected chi connectivity index (χ3v) is 4.08. The smallest absolute Gasteiger partial charge is 0.0455 e. The summed E-state index contributed by atoms with van der Waals surface area (Å²) in [5.41, 5.74) is 4.16. The predicted octanol–water partition coefficient (Wildman–Crippen LogP) is 1.69. The van der Waals surface area contributed by atoms with E-state index in [9.17, 15) is 0 Å². The zero-order valence-electron chi connectivity index (χ0n) is 11.2. The Morgan fingerprint density at radius 1 is 1.39 bits per heavy atom. The molecule has 3 heterocycles. The first kappa shape index (κ1) is 11.8. The van der Waals surface area contributed by atoms with Crippen molar-refractivity contribution in [1.82, 2.24) is 14.6 Å². The standard InChI is InChI=1S/C15H21N3/c1-12-9-13-5-3-4-7-18(13)15(12)10-14-11-16-6-8-17(14)2/h3-5,7,9,14,16H,6,8,10-11H2,1-2H3. The van der Waals surface area contributed by atoms with Crippen LogP contribution in [0.2, 0.25) is 0 Å². The number of nitrogens with one attached hydrogen (secondary N) is 1. The van der Waals surface area contributed by atoms with Gasteiger partial charge in [0, 0.05) is 49.5 Å².